The molecular formula is C7H19CaNO5. The number of nitrogens with one attached hydrogen (secondary N) is 1. The molecule has 0 unspecified atom stereocenters. The molecule has 0 aromatic rings. The van der Waals surface area contributed by atoms with E-state index in [0.717, 1.165) is 0 Å². The van der Waals surface area contributed by atoms with Gasteiger partial charge in [0.1, 0.15) is 18.3 Å². The van der Waals surface area contributed by atoms with Crippen molar-refractivity contribution in [1.82, 2.24) is 5.32 Å². The van der Waals surface area contributed by atoms with Crippen molar-refractivity contribution in [2.45, 2.75) is 24.4 Å². The summed E-state index contributed by atoms with van der Waals surface area (Å²) in [6, 6.07) is 0. The summed E-state index contributed by atoms with van der Waals surface area (Å²) in [6.45, 7) is -0.569. The van der Waals surface area contributed by atoms with Gasteiger partial charge in [-0.2, -0.15) is 0 Å². The number of hydrogen-bond donors (Lipinski definition) is 6. The molecule has 0 heterocycles. The fraction of sp³-hybridized carbons (Fsp3) is 1.00. The summed E-state index contributed by atoms with van der Waals surface area (Å²) >= 11 is 0. The molecule has 0 aliphatic heterocycles. The van der Waals surface area contributed by atoms with Gasteiger partial charge in [-0.15, -0.1) is 0 Å². The Bertz CT molecular complexity index is 148. The van der Waals surface area contributed by atoms with Gasteiger partial charge in [-0.05, 0) is 7.05 Å². The van der Waals surface area contributed by atoms with Gasteiger partial charge in [0.25, 0.3) is 0 Å². The largest absolute Gasteiger partial charge is 2.00 e. The molecule has 0 fully saturated rings. The molecule has 14 heavy (non-hydrogen) atoms. The zero-order valence-corrected chi connectivity index (χ0v) is 10.4. The smallest absolute Gasteiger partial charge is 1.00 e. The molecule has 0 amide bonds. The Hall–Kier alpha value is 1.02. The number of aliphatic hydroxyl groups excluding tert-OH is 5. The predicted molar refractivity (Wildman–Crippen MR) is 53.0 cm³/mol. The van der Waals surface area contributed by atoms with Crippen molar-refractivity contribution in [3.05, 3.63) is 0 Å². The number of rotatable bonds is 6. The van der Waals surface area contributed by atoms with Gasteiger partial charge < -0.3 is 33.7 Å². The van der Waals surface area contributed by atoms with Crippen LogP contribution in [0.1, 0.15) is 2.85 Å². The SMILES string of the molecule is CNC[C@H](O)[C@@H](O)[C@H](O)[C@H](O)CO.[Ca+2].[H-].[H-]. The minimum atomic E-state index is -1.55. The van der Waals surface area contributed by atoms with Gasteiger partial charge in [-0.3, -0.25) is 0 Å². The van der Waals surface area contributed by atoms with E-state index >= 15 is 0 Å². The van der Waals surface area contributed by atoms with Crippen molar-refractivity contribution < 1.29 is 28.4 Å². The first-order valence-electron chi connectivity index (χ1n) is 4.02. The fourth-order valence-electron chi connectivity index (χ4n) is 0.893. The Morgan fingerprint density at radius 3 is 1.86 bits per heavy atom. The molecular weight excluding hydrogens is 218 g/mol. The van der Waals surface area contributed by atoms with Crippen LogP contribution in [-0.4, -0.2) is 108 Å². The summed E-state index contributed by atoms with van der Waals surface area (Å²) in [6.07, 6.45) is -5.65. The molecule has 6 nitrogen and oxygen atoms in total. The van der Waals surface area contributed by atoms with E-state index in [0.29, 0.717) is 0 Å². The van der Waals surface area contributed by atoms with Crippen molar-refractivity contribution >= 4 is 37.7 Å². The zero-order chi connectivity index (χ0) is 10.4. The van der Waals surface area contributed by atoms with Crippen molar-refractivity contribution in [2.75, 3.05) is 20.2 Å². The van der Waals surface area contributed by atoms with Gasteiger partial charge in [0.2, 0.25) is 0 Å². The van der Waals surface area contributed by atoms with Gasteiger partial charge in [0.15, 0.2) is 0 Å². The van der Waals surface area contributed by atoms with Crippen molar-refractivity contribution in [3.63, 3.8) is 0 Å². The monoisotopic (exact) mass is 237 g/mol. The quantitative estimate of drug-likeness (QED) is 0.267. The van der Waals surface area contributed by atoms with E-state index in [1.807, 2.05) is 0 Å². The molecule has 0 aromatic carbocycles. The molecule has 0 spiro atoms. The topological polar surface area (TPSA) is 113 Å². The molecule has 84 valence electrons. The molecule has 0 aliphatic carbocycles. The van der Waals surface area contributed by atoms with Crippen LogP contribution in [0.2, 0.25) is 0 Å². The van der Waals surface area contributed by atoms with E-state index in [-0.39, 0.29) is 47.1 Å². The van der Waals surface area contributed by atoms with Gasteiger partial charge in [-0.25, -0.2) is 0 Å². The van der Waals surface area contributed by atoms with Crippen molar-refractivity contribution in [2.24, 2.45) is 0 Å². The molecule has 0 aromatic heterocycles. The molecule has 7 heteroatoms. The van der Waals surface area contributed by atoms with Crippen LogP contribution in [-0.2, 0) is 0 Å². The number of hydrogen-bond acceptors (Lipinski definition) is 6. The summed E-state index contributed by atoms with van der Waals surface area (Å²) in [5.41, 5.74) is 0. The van der Waals surface area contributed by atoms with E-state index in [9.17, 15) is 5.11 Å². The second-order valence-corrected chi connectivity index (χ2v) is 2.86. The van der Waals surface area contributed by atoms with E-state index in [4.69, 9.17) is 20.4 Å². The Labute approximate surface area is 116 Å². The Kier molecular flexibility index (Phi) is 11.5. The maximum absolute atomic E-state index is 9.21. The maximum Gasteiger partial charge on any atom is 2.00 e. The van der Waals surface area contributed by atoms with Crippen molar-refractivity contribution in [1.29, 1.82) is 0 Å². The summed E-state index contributed by atoms with van der Waals surface area (Å²) in [5.74, 6) is 0. The third-order valence-electron chi connectivity index (χ3n) is 1.74. The maximum atomic E-state index is 9.21. The first-order valence-corrected chi connectivity index (χ1v) is 4.02. The second kappa shape index (κ2) is 9.26. The normalized spacial score (nSPS) is 19.3. The van der Waals surface area contributed by atoms with Gasteiger partial charge in [-0.1, -0.05) is 0 Å². The van der Waals surface area contributed by atoms with Gasteiger partial charge in [0.05, 0.1) is 12.7 Å². The minimum Gasteiger partial charge on any atom is -1.00 e. The first kappa shape index (κ1) is 17.4. The van der Waals surface area contributed by atoms with Crippen LogP contribution in [0.5, 0.6) is 0 Å². The molecule has 0 saturated carbocycles. The molecule has 0 saturated heterocycles. The van der Waals surface area contributed by atoms with Crippen LogP contribution < -0.4 is 5.32 Å². The molecule has 0 radical (unpaired) electrons. The average Bonchev–Trinajstić information content (AvgIpc) is 2.14. The Morgan fingerprint density at radius 1 is 1.07 bits per heavy atom. The van der Waals surface area contributed by atoms with E-state index in [1.165, 1.54) is 0 Å². The molecule has 6 N–H and O–H groups in total. The third-order valence-corrected chi connectivity index (χ3v) is 1.74. The van der Waals surface area contributed by atoms with E-state index < -0.39 is 31.0 Å². The summed E-state index contributed by atoms with van der Waals surface area (Å²) in [4.78, 5) is 0. The molecule has 4 atom stereocenters. The standard InChI is InChI=1S/C7H17NO5.Ca.2H/c1-8-2-4(10)6(12)7(13)5(11)3-9;;;/h4-13H,2-3H2,1H3;;;/q;+2;2*-1/t4-,5+,6+,7+;;;/m0.../s1. The van der Waals surface area contributed by atoms with Crippen LogP contribution in [0.25, 0.3) is 0 Å². The second-order valence-electron chi connectivity index (χ2n) is 2.86. The zero-order valence-electron chi connectivity index (χ0n) is 10.2. The molecule has 0 bridgehead atoms. The van der Waals surface area contributed by atoms with Crippen molar-refractivity contribution in [3.8, 4) is 0 Å². The van der Waals surface area contributed by atoms with Gasteiger partial charge >= 0.3 is 37.7 Å². The third kappa shape index (κ3) is 5.79. The summed E-state index contributed by atoms with van der Waals surface area (Å²) in [7, 11) is 1.57. The van der Waals surface area contributed by atoms with E-state index in [2.05, 4.69) is 5.32 Å². The predicted octanol–water partition coefficient (Wildman–Crippen LogP) is -3.51. The Balaban J connectivity index is -0.000000240. The van der Waals surface area contributed by atoms with Crippen LogP contribution in [0.15, 0.2) is 0 Å². The van der Waals surface area contributed by atoms with Crippen LogP contribution >= 0.6 is 0 Å². The van der Waals surface area contributed by atoms with Crippen LogP contribution in [0.4, 0.5) is 0 Å². The minimum absolute atomic E-state index is 0. The number of likely N-dealkylation sites (N-methyl/N-ethyl adjacent to an activating group) is 1. The summed E-state index contributed by atoms with van der Waals surface area (Å²) in [5, 5.41) is 47.5. The summed E-state index contributed by atoms with van der Waals surface area (Å²) < 4.78 is 0. The number of aliphatic hydroxyl groups is 5. The van der Waals surface area contributed by atoms with Gasteiger partial charge in [0, 0.05) is 6.54 Å². The van der Waals surface area contributed by atoms with Crippen LogP contribution in [0.3, 0.4) is 0 Å². The average molecular weight is 237 g/mol. The molecule has 0 aliphatic rings. The van der Waals surface area contributed by atoms with E-state index in [1.54, 1.807) is 7.05 Å². The van der Waals surface area contributed by atoms with Crippen LogP contribution in [0, 0.1) is 0 Å². The first-order chi connectivity index (χ1) is 6.04. The Morgan fingerprint density at radius 2 is 1.50 bits per heavy atom. The fourth-order valence-corrected chi connectivity index (χ4v) is 0.893. The molecule has 0 rings (SSSR count).